The third-order valence-corrected chi connectivity index (χ3v) is 2.46. The second-order valence-electron chi connectivity index (χ2n) is 2.91. The average Bonchev–Trinajstić information content (AvgIpc) is 2.27. The van der Waals surface area contributed by atoms with E-state index in [4.69, 9.17) is 26.1 Å². The molecule has 1 unspecified atom stereocenters. The molecule has 10 nitrogen and oxygen atoms in total. The number of aliphatic carboxylic acids is 1. The molecule has 0 aromatic rings. The van der Waals surface area contributed by atoms with Gasteiger partial charge >= 0.3 is 13.8 Å². The number of rotatable bonds is 9. The highest BCUT2D eigenvalue weighted by atomic mass is 31.2. The number of phosphoric acid groups is 1. The van der Waals surface area contributed by atoms with Crippen molar-refractivity contribution in [2.75, 3.05) is 19.8 Å². The fourth-order valence-corrected chi connectivity index (χ4v) is 1.36. The predicted molar refractivity (Wildman–Crippen MR) is 51.9 cm³/mol. The van der Waals surface area contributed by atoms with Crippen LogP contribution in [0.5, 0.6) is 0 Å². The maximum absolute atomic E-state index is 11.1. The number of phosphoric ester groups is 1. The van der Waals surface area contributed by atoms with Crippen molar-refractivity contribution in [3.05, 3.63) is 0 Å². The number of carboxylic acids is 1. The van der Waals surface area contributed by atoms with E-state index in [0.29, 0.717) is 0 Å². The van der Waals surface area contributed by atoms with Crippen LogP contribution in [0.1, 0.15) is 0 Å². The Kier molecular flexibility index (Phi) is 7.43. The number of hydrogen-bond acceptors (Lipinski definition) is 8. The summed E-state index contributed by atoms with van der Waals surface area (Å²) in [4.78, 5) is 23.0. The van der Waals surface area contributed by atoms with E-state index in [1.165, 1.54) is 0 Å². The summed E-state index contributed by atoms with van der Waals surface area (Å²) in [5.41, 5.74) is 5.01. The normalized spacial score (nSPS) is 18.4. The molecular formula is C6H14NO9P. The highest BCUT2D eigenvalue weighted by molar-refractivity contribution is 7.47. The van der Waals surface area contributed by atoms with E-state index in [9.17, 15) is 9.36 Å². The molecule has 0 radical (unpaired) electrons. The van der Waals surface area contributed by atoms with Gasteiger partial charge in [-0.15, -0.1) is 0 Å². The van der Waals surface area contributed by atoms with Gasteiger partial charge in [0.2, 0.25) is 0 Å². The zero-order valence-corrected chi connectivity index (χ0v) is 9.53. The Labute approximate surface area is 96.1 Å². The first-order valence-corrected chi connectivity index (χ1v) is 5.83. The van der Waals surface area contributed by atoms with Crippen LogP contribution in [0.15, 0.2) is 0 Å². The van der Waals surface area contributed by atoms with Crippen LogP contribution in [-0.4, -0.2) is 58.3 Å². The predicted octanol–water partition coefficient (Wildman–Crippen LogP) is -1.62. The zero-order valence-electron chi connectivity index (χ0n) is 8.63. The van der Waals surface area contributed by atoms with Crippen molar-refractivity contribution in [3.63, 3.8) is 0 Å². The third kappa shape index (κ3) is 7.36. The van der Waals surface area contributed by atoms with Crippen molar-refractivity contribution in [3.8, 4) is 0 Å². The van der Waals surface area contributed by atoms with Crippen LogP contribution >= 0.6 is 7.82 Å². The molecule has 0 aromatic heterocycles. The molecule has 0 rings (SSSR count). The van der Waals surface area contributed by atoms with E-state index in [1.807, 2.05) is 0 Å². The Balaban J connectivity index is 4.03. The average molecular weight is 275 g/mol. The molecule has 0 fully saturated rings. The number of carboxylic acid groups (broad SMARTS) is 1. The first-order chi connectivity index (χ1) is 7.82. The Morgan fingerprint density at radius 2 is 1.88 bits per heavy atom. The van der Waals surface area contributed by atoms with Crippen molar-refractivity contribution >= 4 is 13.8 Å². The van der Waals surface area contributed by atoms with Gasteiger partial charge in [-0.2, -0.15) is 0 Å². The zero-order chi connectivity index (χ0) is 13.5. The largest absolute Gasteiger partial charge is 0.480 e. The SMILES string of the molecule is N[C@@H](COP(=O)(O)OC[C@@H](CO)OO)C(=O)O. The Morgan fingerprint density at radius 1 is 1.35 bits per heavy atom. The van der Waals surface area contributed by atoms with Crippen LogP contribution in [0.25, 0.3) is 0 Å². The van der Waals surface area contributed by atoms with Gasteiger partial charge in [0, 0.05) is 0 Å². The van der Waals surface area contributed by atoms with Gasteiger partial charge in [-0.05, 0) is 0 Å². The summed E-state index contributed by atoms with van der Waals surface area (Å²) in [5, 5.41) is 25.1. The lowest BCUT2D eigenvalue weighted by Gasteiger charge is -2.16. The van der Waals surface area contributed by atoms with Crippen LogP contribution in [0.3, 0.4) is 0 Å². The van der Waals surface area contributed by atoms with E-state index in [2.05, 4.69) is 13.9 Å². The molecule has 0 aliphatic heterocycles. The van der Waals surface area contributed by atoms with Crippen LogP contribution in [0.4, 0.5) is 0 Å². The van der Waals surface area contributed by atoms with Crippen molar-refractivity contribution in [2.45, 2.75) is 12.1 Å². The summed E-state index contributed by atoms with van der Waals surface area (Å²) in [6, 6.07) is -1.47. The van der Waals surface area contributed by atoms with Crippen molar-refractivity contribution in [2.24, 2.45) is 5.73 Å². The molecule has 0 aromatic carbocycles. The van der Waals surface area contributed by atoms with E-state index in [1.54, 1.807) is 0 Å². The number of hydrogen-bond donors (Lipinski definition) is 5. The Bertz CT molecular complexity index is 281. The lowest BCUT2D eigenvalue weighted by Crippen LogP contribution is -2.34. The molecule has 3 atom stereocenters. The maximum Gasteiger partial charge on any atom is 0.472 e. The molecule has 6 N–H and O–H groups in total. The quantitative estimate of drug-likeness (QED) is 0.187. The van der Waals surface area contributed by atoms with Gasteiger partial charge in [-0.25, -0.2) is 9.45 Å². The number of aliphatic hydroxyl groups is 1. The van der Waals surface area contributed by atoms with E-state index >= 15 is 0 Å². The topological polar surface area (TPSA) is 169 Å². The van der Waals surface area contributed by atoms with E-state index in [-0.39, 0.29) is 0 Å². The van der Waals surface area contributed by atoms with Crippen LogP contribution in [-0.2, 0) is 23.3 Å². The molecule has 0 spiro atoms. The minimum absolute atomic E-state index is 0.622. The molecule has 11 heteroatoms. The van der Waals surface area contributed by atoms with E-state index in [0.717, 1.165) is 0 Å². The fourth-order valence-electron chi connectivity index (χ4n) is 0.577. The molecule has 0 heterocycles. The van der Waals surface area contributed by atoms with Crippen LogP contribution < -0.4 is 5.73 Å². The third-order valence-electron chi connectivity index (χ3n) is 1.51. The molecule has 0 bridgehead atoms. The number of carbonyl (C=O) groups is 1. The minimum atomic E-state index is -4.51. The second-order valence-corrected chi connectivity index (χ2v) is 4.37. The summed E-state index contributed by atoms with van der Waals surface area (Å²) in [6.45, 7) is -2.00. The molecule has 17 heavy (non-hydrogen) atoms. The van der Waals surface area contributed by atoms with Crippen molar-refractivity contribution in [1.29, 1.82) is 0 Å². The van der Waals surface area contributed by atoms with Gasteiger partial charge in [-0.3, -0.25) is 19.1 Å². The molecule has 0 saturated heterocycles. The van der Waals surface area contributed by atoms with Gasteiger partial charge in [0.05, 0.1) is 19.8 Å². The smallest absolute Gasteiger partial charge is 0.472 e. The summed E-state index contributed by atoms with van der Waals surface area (Å²) in [7, 11) is -4.51. The van der Waals surface area contributed by atoms with Crippen molar-refractivity contribution < 1.29 is 43.7 Å². The maximum atomic E-state index is 11.1. The monoisotopic (exact) mass is 275 g/mol. The summed E-state index contributed by atoms with van der Waals surface area (Å²) in [6.07, 6.45) is -1.22. The molecule has 102 valence electrons. The van der Waals surface area contributed by atoms with E-state index < -0.39 is 45.8 Å². The summed E-state index contributed by atoms with van der Waals surface area (Å²) >= 11 is 0. The van der Waals surface area contributed by atoms with Gasteiger partial charge in [0.1, 0.15) is 12.1 Å². The molecular weight excluding hydrogens is 261 g/mol. The van der Waals surface area contributed by atoms with Crippen molar-refractivity contribution in [1.82, 2.24) is 0 Å². The fraction of sp³-hybridized carbons (Fsp3) is 0.833. The lowest BCUT2D eigenvalue weighted by atomic mass is 10.3. The molecule has 0 amide bonds. The first kappa shape index (κ1) is 16.4. The standard InChI is InChI=1S/C6H14NO9P/c7-5(6(9)10)3-15-17(12,13)14-2-4(1-8)16-11/h4-5,8,11H,1-3,7H2,(H,9,10)(H,12,13)/t4-,5+/m1/s1. The van der Waals surface area contributed by atoms with Gasteiger partial charge in [0.15, 0.2) is 0 Å². The van der Waals surface area contributed by atoms with Gasteiger partial charge in [0.25, 0.3) is 0 Å². The number of aliphatic hydroxyl groups excluding tert-OH is 1. The molecule has 0 saturated carbocycles. The van der Waals surface area contributed by atoms with Gasteiger partial charge < -0.3 is 20.8 Å². The highest BCUT2D eigenvalue weighted by Gasteiger charge is 2.26. The van der Waals surface area contributed by atoms with Gasteiger partial charge in [-0.1, -0.05) is 0 Å². The molecule has 0 aliphatic rings. The lowest BCUT2D eigenvalue weighted by molar-refractivity contribution is -0.289. The number of nitrogens with two attached hydrogens (primary N) is 1. The van der Waals surface area contributed by atoms with Crippen LogP contribution in [0, 0.1) is 0 Å². The summed E-state index contributed by atoms with van der Waals surface area (Å²) < 4.78 is 19.7. The van der Waals surface area contributed by atoms with Crippen LogP contribution in [0.2, 0.25) is 0 Å². The second kappa shape index (κ2) is 7.69. The first-order valence-electron chi connectivity index (χ1n) is 4.33. The highest BCUT2D eigenvalue weighted by Crippen LogP contribution is 2.43. The minimum Gasteiger partial charge on any atom is -0.480 e. The molecule has 0 aliphatic carbocycles. The Hall–Kier alpha value is -0.580. The summed E-state index contributed by atoms with van der Waals surface area (Å²) in [5.74, 6) is -1.41. The Morgan fingerprint density at radius 3 is 2.29 bits per heavy atom.